The van der Waals surface area contributed by atoms with Crippen molar-refractivity contribution in [1.29, 1.82) is 0 Å². The number of thioether (sulfide) groups is 1. The van der Waals surface area contributed by atoms with E-state index < -0.39 is 0 Å². The number of aromatic nitrogens is 2. The molecule has 0 aromatic carbocycles. The average molecular weight is 309 g/mol. The summed E-state index contributed by atoms with van der Waals surface area (Å²) in [5.74, 6) is 1.59. The highest BCUT2D eigenvalue weighted by atomic mass is 35.5. The van der Waals surface area contributed by atoms with Crippen LogP contribution in [0, 0.1) is 5.92 Å². The molecule has 0 saturated carbocycles. The van der Waals surface area contributed by atoms with Gasteiger partial charge in [-0.25, -0.2) is 9.97 Å². The maximum Gasteiger partial charge on any atom is 0.190 e. The predicted molar refractivity (Wildman–Crippen MR) is 80.1 cm³/mol. The van der Waals surface area contributed by atoms with E-state index in [2.05, 4.69) is 14.9 Å². The summed E-state index contributed by atoms with van der Waals surface area (Å²) in [6.07, 6.45) is 4.22. The molecule has 1 aromatic rings. The summed E-state index contributed by atoms with van der Waals surface area (Å²) < 4.78 is 0. The number of piperidine rings is 1. The minimum Gasteiger partial charge on any atom is -0.356 e. The molecule has 1 aliphatic rings. The minimum atomic E-state index is 0. The van der Waals surface area contributed by atoms with Crippen LogP contribution in [-0.2, 0) is 0 Å². The quantitative estimate of drug-likeness (QED) is 0.528. The molecule has 0 bridgehead atoms. The first-order chi connectivity index (χ1) is 8.22. The molecule has 18 heavy (non-hydrogen) atoms. The Morgan fingerprint density at radius 3 is 2.67 bits per heavy atom. The van der Waals surface area contributed by atoms with E-state index in [0.29, 0.717) is 11.1 Å². The topological polar surface area (TPSA) is 55.0 Å². The van der Waals surface area contributed by atoms with Crippen LogP contribution in [0.4, 0.5) is 5.82 Å². The first-order valence-electron chi connectivity index (χ1n) is 5.76. The summed E-state index contributed by atoms with van der Waals surface area (Å²) in [5.41, 5.74) is 5.69. The lowest BCUT2D eigenvalue weighted by Gasteiger charge is -2.32. The molecule has 0 amide bonds. The lowest BCUT2D eigenvalue weighted by Crippen LogP contribution is -2.36. The van der Waals surface area contributed by atoms with E-state index in [0.717, 1.165) is 43.5 Å². The van der Waals surface area contributed by atoms with Gasteiger partial charge in [-0.05, 0) is 31.6 Å². The van der Waals surface area contributed by atoms with Gasteiger partial charge >= 0.3 is 0 Å². The normalized spacial score (nSPS) is 16.5. The molecule has 7 heteroatoms. The van der Waals surface area contributed by atoms with Crippen LogP contribution in [0.3, 0.4) is 0 Å². The molecule has 0 radical (unpaired) electrons. The minimum absolute atomic E-state index is 0. The molecule has 0 aliphatic carbocycles. The second-order valence-electron chi connectivity index (χ2n) is 4.20. The Labute approximate surface area is 123 Å². The van der Waals surface area contributed by atoms with Crippen LogP contribution in [0.5, 0.6) is 0 Å². The molecule has 2 rings (SSSR count). The summed E-state index contributed by atoms with van der Waals surface area (Å²) in [7, 11) is 0. The smallest absolute Gasteiger partial charge is 0.190 e. The van der Waals surface area contributed by atoms with Crippen molar-refractivity contribution in [2.75, 3.05) is 30.8 Å². The van der Waals surface area contributed by atoms with Gasteiger partial charge in [-0.3, -0.25) is 0 Å². The van der Waals surface area contributed by atoms with Crippen molar-refractivity contribution < 1.29 is 0 Å². The van der Waals surface area contributed by atoms with Gasteiger partial charge in [0.1, 0.15) is 11.0 Å². The Balaban J connectivity index is 0.00000162. The molecule has 1 aromatic heterocycles. The van der Waals surface area contributed by atoms with Crippen molar-refractivity contribution in [3.8, 4) is 0 Å². The second-order valence-corrected chi connectivity index (χ2v) is 5.36. The lowest BCUT2D eigenvalue weighted by atomic mass is 9.97. The van der Waals surface area contributed by atoms with Gasteiger partial charge < -0.3 is 10.6 Å². The van der Waals surface area contributed by atoms with Crippen molar-refractivity contribution in [2.45, 2.75) is 18.0 Å². The van der Waals surface area contributed by atoms with Gasteiger partial charge in [0.2, 0.25) is 0 Å². The molecule has 4 nitrogen and oxygen atoms in total. The number of nitrogens with two attached hydrogens (primary N) is 1. The standard InChI is InChI=1S/C11H17ClN4S.ClH/c1-17-11-14-9(12)6-10(15-11)16-4-2-8(7-13)3-5-16;/h6,8H,2-5,7,13H2,1H3;1H. The molecular formula is C11H18Cl2N4S. The van der Waals surface area contributed by atoms with Crippen LogP contribution >= 0.6 is 35.8 Å². The van der Waals surface area contributed by atoms with Crippen molar-refractivity contribution >= 4 is 41.6 Å². The molecule has 0 unspecified atom stereocenters. The monoisotopic (exact) mass is 308 g/mol. The first kappa shape index (κ1) is 15.8. The van der Waals surface area contributed by atoms with Gasteiger partial charge in [0, 0.05) is 19.2 Å². The maximum atomic E-state index is 5.99. The van der Waals surface area contributed by atoms with Gasteiger partial charge in [0.15, 0.2) is 5.16 Å². The van der Waals surface area contributed by atoms with Crippen LogP contribution in [0.15, 0.2) is 11.2 Å². The van der Waals surface area contributed by atoms with E-state index in [1.165, 1.54) is 11.8 Å². The zero-order chi connectivity index (χ0) is 12.3. The van der Waals surface area contributed by atoms with Gasteiger partial charge in [0.05, 0.1) is 0 Å². The second kappa shape index (κ2) is 7.38. The Hall–Kier alpha value is -0.230. The maximum absolute atomic E-state index is 5.99. The highest BCUT2D eigenvalue weighted by Gasteiger charge is 2.19. The summed E-state index contributed by atoms with van der Waals surface area (Å²) in [5, 5.41) is 1.24. The fourth-order valence-electron chi connectivity index (χ4n) is 2.04. The molecule has 1 aliphatic heterocycles. The predicted octanol–water partition coefficient (Wildman–Crippen LogP) is 2.45. The summed E-state index contributed by atoms with van der Waals surface area (Å²) in [4.78, 5) is 10.9. The first-order valence-corrected chi connectivity index (χ1v) is 7.36. The van der Waals surface area contributed by atoms with E-state index in [1.54, 1.807) is 0 Å². The molecule has 102 valence electrons. The summed E-state index contributed by atoms with van der Waals surface area (Å²) in [6.45, 7) is 2.79. The number of hydrogen-bond acceptors (Lipinski definition) is 5. The van der Waals surface area contributed by atoms with E-state index in [1.807, 2.05) is 12.3 Å². The van der Waals surface area contributed by atoms with Gasteiger partial charge in [-0.2, -0.15) is 0 Å². The van der Waals surface area contributed by atoms with E-state index in [-0.39, 0.29) is 12.4 Å². The van der Waals surface area contributed by atoms with Crippen molar-refractivity contribution in [1.82, 2.24) is 9.97 Å². The fourth-order valence-corrected chi connectivity index (χ4v) is 2.64. The van der Waals surface area contributed by atoms with Gasteiger partial charge in [0.25, 0.3) is 0 Å². The number of hydrogen-bond donors (Lipinski definition) is 1. The Bertz CT molecular complexity index is 383. The number of rotatable bonds is 3. The molecule has 0 atom stereocenters. The molecule has 2 heterocycles. The van der Waals surface area contributed by atoms with Crippen LogP contribution in [-0.4, -0.2) is 35.9 Å². The molecule has 2 N–H and O–H groups in total. The SMILES string of the molecule is CSc1nc(Cl)cc(N2CCC(CN)CC2)n1.Cl. The summed E-state index contributed by atoms with van der Waals surface area (Å²) >= 11 is 7.51. The third kappa shape index (κ3) is 3.88. The van der Waals surface area contributed by atoms with E-state index >= 15 is 0 Å². The Morgan fingerprint density at radius 2 is 2.11 bits per heavy atom. The fraction of sp³-hybridized carbons (Fsp3) is 0.636. The van der Waals surface area contributed by atoms with Crippen molar-refractivity contribution in [2.24, 2.45) is 11.7 Å². The van der Waals surface area contributed by atoms with E-state index in [4.69, 9.17) is 17.3 Å². The molecule has 0 spiro atoms. The number of halogens is 2. The number of nitrogens with zero attached hydrogens (tertiary/aromatic N) is 3. The summed E-state index contributed by atoms with van der Waals surface area (Å²) in [6, 6.07) is 1.84. The number of anilines is 1. The largest absolute Gasteiger partial charge is 0.356 e. The zero-order valence-electron chi connectivity index (χ0n) is 10.3. The van der Waals surface area contributed by atoms with Crippen molar-refractivity contribution in [3.63, 3.8) is 0 Å². The zero-order valence-corrected chi connectivity index (χ0v) is 12.7. The Kier molecular flexibility index (Phi) is 6.49. The van der Waals surface area contributed by atoms with Crippen LogP contribution in [0.25, 0.3) is 0 Å². The van der Waals surface area contributed by atoms with Crippen LogP contribution in [0.1, 0.15) is 12.8 Å². The third-order valence-electron chi connectivity index (χ3n) is 3.12. The lowest BCUT2D eigenvalue weighted by molar-refractivity contribution is 0.412. The average Bonchev–Trinajstić information content (AvgIpc) is 2.38. The Morgan fingerprint density at radius 1 is 1.44 bits per heavy atom. The highest BCUT2D eigenvalue weighted by molar-refractivity contribution is 7.98. The molecule has 1 saturated heterocycles. The van der Waals surface area contributed by atoms with Crippen LogP contribution < -0.4 is 10.6 Å². The highest BCUT2D eigenvalue weighted by Crippen LogP contribution is 2.24. The molecule has 1 fully saturated rings. The van der Waals surface area contributed by atoms with E-state index in [9.17, 15) is 0 Å². The molecular weight excluding hydrogens is 291 g/mol. The van der Waals surface area contributed by atoms with Gasteiger partial charge in [-0.1, -0.05) is 23.4 Å². The van der Waals surface area contributed by atoms with Crippen molar-refractivity contribution in [3.05, 3.63) is 11.2 Å². The third-order valence-corrected chi connectivity index (χ3v) is 3.86. The van der Waals surface area contributed by atoms with Crippen LogP contribution in [0.2, 0.25) is 5.15 Å². The van der Waals surface area contributed by atoms with Gasteiger partial charge in [-0.15, -0.1) is 12.4 Å².